The topological polar surface area (TPSA) is 80.2 Å². The highest BCUT2D eigenvalue weighted by atomic mass is 16.2. The minimum atomic E-state index is -0.499. The second-order valence-electron chi connectivity index (χ2n) is 6.77. The Morgan fingerprint density at radius 2 is 1.92 bits per heavy atom. The molecule has 2 N–H and O–H groups in total. The first-order valence-corrected chi connectivity index (χ1v) is 8.76. The summed E-state index contributed by atoms with van der Waals surface area (Å²) in [5, 5.41) is 5.38. The maximum Gasteiger partial charge on any atom is 0.264 e. The summed E-state index contributed by atoms with van der Waals surface area (Å²) in [6.07, 6.45) is 3.47. The SMILES string of the molecule is CNC(=O)c1cc(C(=O)NC2CC2)cn([C@@H](C)c2cccc(C)c2)c1=O. The van der Waals surface area contributed by atoms with E-state index in [0.29, 0.717) is 5.56 Å². The standard InChI is InChI=1S/C20H23N3O3/c1-12-5-4-6-14(9-12)13(2)23-11-15(18(24)22-16-7-8-16)10-17(20(23)26)19(25)21-3/h4-6,9-11,13,16H,7-8H2,1-3H3,(H,21,25)(H,22,24)/t13-/m0/s1. The lowest BCUT2D eigenvalue weighted by molar-refractivity contribution is 0.0950. The van der Waals surface area contributed by atoms with Crippen LogP contribution in [0.2, 0.25) is 0 Å². The summed E-state index contributed by atoms with van der Waals surface area (Å²) >= 11 is 0. The van der Waals surface area contributed by atoms with Crippen molar-refractivity contribution in [3.63, 3.8) is 0 Å². The minimum absolute atomic E-state index is 0.0320. The number of carbonyl (C=O) groups excluding carboxylic acids is 2. The van der Waals surface area contributed by atoms with Gasteiger partial charge in [-0.05, 0) is 38.3 Å². The van der Waals surface area contributed by atoms with Crippen LogP contribution in [0.1, 0.15) is 57.7 Å². The Morgan fingerprint density at radius 3 is 2.54 bits per heavy atom. The summed E-state index contributed by atoms with van der Waals surface area (Å²) in [7, 11) is 1.47. The van der Waals surface area contributed by atoms with Crippen LogP contribution in [0.4, 0.5) is 0 Å². The van der Waals surface area contributed by atoms with Crippen LogP contribution in [0.3, 0.4) is 0 Å². The van der Waals surface area contributed by atoms with E-state index in [4.69, 9.17) is 0 Å². The highest BCUT2D eigenvalue weighted by molar-refractivity contribution is 5.99. The number of rotatable bonds is 5. The number of hydrogen-bond acceptors (Lipinski definition) is 3. The first-order valence-electron chi connectivity index (χ1n) is 8.76. The normalized spacial score (nSPS) is 14.6. The van der Waals surface area contributed by atoms with Crippen LogP contribution in [-0.4, -0.2) is 29.5 Å². The number of benzene rings is 1. The summed E-state index contributed by atoms with van der Waals surface area (Å²) < 4.78 is 1.46. The Labute approximate surface area is 152 Å². The molecule has 1 fully saturated rings. The molecule has 1 aliphatic carbocycles. The van der Waals surface area contributed by atoms with Gasteiger partial charge in [0.2, 0.25) is 0 Å². The van der Waals surface area contributed by atoms with E-state index in [1.54, 1.807) is 6.20 Å². The van der Waals surface area contributed by atoms with Gasteiger partial charge in [0.1, 0.15) is 5.56 Å². The number of amides is 2. The Hall–Kier alpha value is -2.89. The van der Waals surface area contributed by atoms with E-state index in [2.05, 4.69) is 10.6 Å². The number of pyridine rings is 1. The van der Waals surface area contributed by atoms with Crippen molar-refractivity contribution < 1.29 is 9.59 Å². The quantitative estimate of drug-likeness (QED) is 0.863. The molecule has 1 aliphatic rings. The molecule has 0 bridgehead atoms. The largest absolute Gasteiger partial charge is 0.355 e. The van der Waals surface area contributed by atoms with E-state index in [9.17, 15) is 14.4 Å². The van der Waals surface area contributed by atoms with E-state index in [0.717, 1.165) is 24.0 Å². The van der Waals surface area contributed by atoms with Crippen molar-refractivity contribution in [2.24, 2.45) is 0 Å². The van der Waals surface area contributed by atoms with Gasteiger partial charge in [-0.1, -0.05) is 29.8 Å². The lowest BCUT2D eigenvalue weighted by atomic mass is 10.0. The zero-order valence-corrected chi connectivity index (χ0v) is 15.2. The van der Waals surface area contributed by atoms with Crippen molar-refractivity contribution in [1.82, 2.24) is 15.2 Å². The van der Waals surface area contributed by atoms with Gasteiger partial charge < -0.3 is 15.2 Å². The van der Waals surface area contributed by atoms with E-state index in [1.807, 2.05) is 38.1 Å². The fraction of sp³-hybridized carbons (Fsp3) is 0.350. The molecule has 26 heavy (non-hydrogen) atoms. The van der Waals surface area contributed by atoms with Gasteiger partial charge in [-0.3, -0.25) is 14.4 Å². The van der Waals surface area contributed by atoms with Crippen LogP contribution in [-0.2, 0) is 0 Å². The minimum Gasteiger partial charge on any atom is -0.355 e. The first kappa shape index (κ1) is 17.9. The van der Waals surface area contributed by atoms with Crippen molar-refractivity contribution in [2.45, 2.75) is 38.8 Å². The third kappa shape index (κ3) is 3.69. The first-order chi connectivity index (χ1) is 12.4. The Balaban J connectivity index is 2.08. The third-order valence-corrected chi connectivity index (χ3v) is 4.63. The Kier molecular flexibility index (Phi) is 4.93. The Bertz CT molecular complexity index is 913. The van der Waals surface area contributed by atoms with Gasteiger partial charge in [0, 0.05) is 19.3 Å². The number of nitrogens with zero attached hydrogens (tertiary/aromatic N) is 1. The highest BCUT2D eigenvalue weighted by Crippen LogP contribution is 2.21. The molecule has 0 radical (unpaired) electrons. The number of hydrogen-bond donors (Lipinski definition) is 2. The molecule has 0 spiro atoms. The smallest absolute Gasteiger partial charge is 0.264 e. The predicted octanol–water partition coefficient (Wildman–Crippen LogP) is 2.02. The molecule has 2 aromatic rings. The molecule has 0 aliphatic heterocycles. The van der Waals surface area contributed by atoms with Gasteiger partial charge in [0.25, 0.3) is 17.4 Å². The van der Waals surface area contributed by atoms with Crippen molar-refractivity contribution in [3.8, 4) is 0 Å². The fourth-order valence-electron chi connectivity index (χ4n) is 2.90. The summed E-state index contributed by atoms with van der Waals surface area (Å²) in [4.78, 5) is 37.5. The van der Waals surface area contributed by atoms with Gasteiger partial charge in [-0.2, -0.15) is 0 Å². The van der Waals surface area contributed by atoms with Gasteiger partial charge in [0.05, 0.1) is 11.6 Å². The van der Waals surface area contributed by atoms with Crippen LogP contribution >= 0.6 is 0 Å². The second kappa shape index (κ2) is 7.15. The van der Waals surface area contributed by atoms with Crippen LogP contribution in [0, 0.1) is 6.92 Å². The lowest BCUT2D eigenvalue weighted by Gasteiger charge is -2.18. The molecule has 1 aromatic carbocycles. The maximum atomic E-state index is 12.8. The van der Waals surface area contributed by atoms with Crippen molar-refractivity contribution in [1.29, 1.82) is 0 Å². The van der Waals surface area contributed by atoms with E-state index >= 15 is 0 Å². The van der Waals surface area contributed by atoms with Crippen LogP contribution < -0.4 is 16.2 Å². The third-order valence-electron chi connectivity index (χ3n) is 4.63. The van der Waals surface area contributed by atoms with Crippen molar-refractivity contribution >= 4 is 11.8 Å². The molecule has 0 saturated heterocycles. The van der Waals surface area contributed by atoms with E-state index in [1.165, 1.54) is 17.7 Å². The molecule has 2 amide bonds. The average Bonchev–Trinajstić information content (AvgIpc) is 3.44. The molecule has 1 aromatic heterocycles. The molecule has 3 rings (SSSR count). The molecule has 6 heteroatoms. The monoisotopic (exact) mass is 353 g/mol. The molecule has 6 nitrogen and oxygen atoms in total. The molecule has 1 heterocycles. The molecular weight excluding hydrogens is 330 g/mol. The molecule has 136 valence electrons. The highest BCUT2D eigenvalue weighted by Gasteiger charge is 2.26. The van der Waals surface area contributed by atoms with Gasteiger partial charge in [-0.25, -0.2) is 0 Å². The maximum absolute atomic E-state index is 12.8. The zero-order chi connectivity index (χ0) is 18.8. The molecule has 0 unspecified atom stereocenters. The number of carbonyl (C=O) groups is 2. The summed E-state index contributed by atoms with van der Waals surface area (Å²) in [5.74, 6) is -0.760. The van der Waals surface area contributed by atoms with Crippen LogP contribution in [0.15, 0.2) is 41.3 Å². The molecule has 1 atom stereocenters. The lowest BCUT2D eigenvalue weighted by Crippen LogP contribution is -2.35. The van der Waals surface area contributed by atoms with Crippen LogP contribution in [0.5, 0.6) is 0 Å². The zero-order valence-electron chi connectivity index (χ0n) is 15.2. The van der Waals surface area contributed by atoms with E-state index < -0.39 is 11.5 Å². The van der Waals surface area contributed by atoms with Crippen LogP contribution in [0.25, 0.3) is 0 Å². The second-order valence-corrected chi connectivity index (χ2v) is 6.77. The fourth-order valence-corrected chi connectivity index (χ4v) is 2.90. The molecule has 1 saturated carbocycles. The molecular formula is C20H23N3O3. The number of aryl methyl sites for hydroxylation is 1. The average molecular weight is 353 g/mol. The van der Waals surface area contributed by atoms with Gasteiger partial charge >= 0.3 is 0 Å². The number of aromatic nitrogens is 1. The summed E-state index contributed by atoms with van der Waals surface area (Å²) in [5.41, 5.74) is 1.89. The number of nitrogens with one attached hydrogen (secondary N) is 2. The summed E-state index contributed by atoms with van der Waals surface area (Å²) in [6, 6.07) is 9.09. The predicted molar refractivity (Wildman–Crippen MR) is 99.6 cm³/mol. The van der Waals surface area contributed by atoms with Gasteiger partial charge in [-0.15, -0.1) is 0 Å². The van der Waals surface area contributed by atoms with Crippen molar-refractivity contribution in [2.75, 3.05) is 7.05 Å². The Morgan fingerprint density at radius 1 is 1.19 bits per heavy atom. The van der Waals surface area contributed by atoms with Gasteiger partial charge in [0.15, 0.2) is 0 Å². The summed E-state index contributed by atoms with van der Waals surface area (Å²) in [6.45, 7) is 3.86. The van der Waals surface area contributed by atoms with Crippen molar-refractivity contribution in [3.05, 3.63) is 69.1 Å². The van der Waals surface area contributed by atoms with E-state index in [-0.39, 0.29) is 23.6 Å².